The number of aromatic amines is 1. The predicted molar refractivity (Wildman–Crippen MR) is 133 cm³/mol. The highest BCUT2D eigenvalue weighted by Gasteiger charge is 2.65. The molecule has 2 aliphatic rings. The summed E-state index contributed by atoms with van der Waals surface area (Å²) in [5.74, 6) is -0.241. The van der Waals surface area contributed by atoms with E-state index in [-0.39, 0.29) is 18.4 Å². The third-order valence-corrected chi connectivity index (χ3v) is 7.45. The van der Waals surface area contributed by atoms with Crippen LogP contribution in [0.25, 0.3) is 0 Å². The number of hydrogen-bond donors (Lipinski definition) is 2. The first-order valence-corrected chi connectivity index (χ1v) is 12.3. The molecular formula is C28H32N2O6. The van der Waals surface area contributed by atoms with Gasteiger partial charge in [0.15, 0.2) is 0 Å². The van der Waals surface area contributed by atoms with E-state index < -0.39 is 35.3 Å². The molecule has 2 fully saturated rings. The molecule has 2 N–H and O–H groups in total. The van der Waals surface area contributed by atoms with Gasteiger partial charge in [-0.2, -0.15) is 0 Å². The highest BCUT2D eigenvalue weighted by Crippen LogP contribution is 2.54. The van der Waals surface area contributed by atoms with Crippen LogP contribution in [0, 0.1) is 18.8 Å². The van der Waals surface area contributed by atoms with Crippen molar-refractivity contribution < 1.29 is 19.3 Å². The zero-order chi connectivity index (χ0) is 25.3. The fourth-order valence-electron chi connectivity index (χ4n) is 5.55. The molecule has 190 valence electrons. The van der Waals surface area contributed by atoms with Gasteiger partial charge in [-0.05, 0) is 30.4 Å². The highest BCUT2D eigenvalue weighted by atomic mass is 16.6. The van der Waals surface area contributed by atoms with E-state index in [4.69, 9.17) is 14.2 Å². The van der Waals surface area contributed by atoms with E-state index in [1.165, 1.54) is 10.8 Å². The molecule has 6 atom stereocenters. The van der Waals surface area contributed by atoms with Crippen molar-refractivity contribution in [1.82, 2.24) is 9.55 Å². The van der Waals surface area contributed by atoms with Gasteiger partial charge in [-0.25, -0.2) is 4.79 Å². The molecule has 8 heteroatoms. The minimum Gasteiger partial charge on any atom is -0.390 e. The molecule has 0 unspecified atom stereocenters. The Balaban J connectivity index is 1.49. The van der Waals surface area contributed by atoms with Crippen LogP contribution in [0.2, 0.25) is 0 Å². The van der Waals surface area contributed by atoms with Crippen LogP contribution in [-0.2, 0) is 27.4 Å². The number of rotatable bonds is 8. The molecule has 2 aromatic carbocycles. The fourth-order valence-corrected chi connectivity index (χ4v) is 5.55. The normalized spacial score (nSPS) is 29.4. The summed E-state index contributed by atoms with van der Waals surface area (Å²) in [5, 5.41) is 11.4. The summed E-state index contributed by atoms with van der Waals surface area (Å²) in [6.07, 6.45) is -0.0983. The average Bonchev–Trinajstić information content (AvgIpc) is 3.15. The molecule has 0 amide bonds. The SMILES string of the molecule is Cc1cn([C@@H]2O[C@@]3(COCc4ccccc4)[C@H](O)C[C@@H](C)[C@@H]2[C@@H]3OCc2ccccc2)c(=O)[nH]c1=O. The Labute approximate surface area is 209 Å². The zero-order valence-electron chi connectivity index (χ0n) is 20.5. The molecule has 2 heterocycles. The maximum absolute atomic E-state index is 12.8. The summed E-state index contributed by atoms with van der Waals surface area (Å²) in [5.41, 5.74) is 0.264. The van der Waals surface area contributed by atoms with Gasteiger partial charge in [0, 0.05) is 17.7 Å². The monoisotopic (exact) mass is 492 g/mol. The highest BCUT2D eigenvalue weighted by molar-refractivity contribution is 5.17. The second-order valence-corrected chi connectivity index (χ2v) is 9.94. The lowest BCUT2D eigenvalue weighted by molar-refractivity contribution is -0.211. The standard InChI is InChI=1S/C28H32N2O6/c1-18-13-22(31)28(17-34-15-20-9-5-3-6-10-20)24(35-16-21-11-7-4-8-12-21)23(18)26(36-28)30-14-19(2)25(32)29-27(30)33/h3-12,14,18,22-24,26,31H,13,15-17H2,1-2H3,(H,29,32,33)/t18-,22-,23-,24+,26-,28+/m1/s1. The lowest BCUT2D eigenvalue weighted by Gasteiger charge is -2.44. The van der Waals surface area contributed by atoms with Crippen LogP contribution in [0.5, 0.6) is 0 Å². The number of aryl methyl sites for hydroxylation is 1. The third kappa shape index (κ3) is 4.57. The number of nitrogens with zero attached hydrogens (tertiary/aromatic N) is 1. The van der Waals surface area contributed by atoms with Crippen LogP contribution < -0.4 is 11.2 Å². The summed E-state index contributed by atoms with van der Waals surface area (Å²) in [7, 11) is 0. The Morgan fingerprint density at radius 1 is 1.06 bits per heavy atom. The minimum absolute atomic E-state index is 0.00495. The number of H-pyrrole nitrogens is 1. The van der Waals surface area contributed by atoms with Crippen molar-refractivity contribution in [2.24, 2.45) is 11.8 Å². The number of aliphatic hydroxyl groups is 1. The molecule has 0 spiro atoms. The maximum Gasteiger partial charge on any atom is 0.330 e. The van der Waals surface area contributed by atoms with E-state index in [2.05, 4.69) is 4.98 Å². The van der Waals surface area contributed by atoms with Crippen LogP contribution in [-0.4, -0.2) is 39.1 Å². The van der Waals surface area contributed by atoms with Gasteiger partial charge in [0.2, 0.25) is 0 Å². The van der Waals surface area contributed by atoms with Crippen molar-refractivity contribution in [2.75, 3.05) is 6.61 Å². The maximum atomic E-state index is 12.8. The smallest absolute Gasteiger partial charge is 0.330 e. The van der Waals surface area contributed by atoms with Crippen molar-refractivity contribution in [3.63, 3.8) is 0 Å². The molecule has 1 aliphatic carbocycles. The summed E-state index contributed by atoms with van der Waals surface area (Å²) in [4.78, 5) is 27.2. The van der Waals surface area contributed by atoms with E-state index >= 15 is 0 Å². The van der Waals surface area contributed by atoms with Gasteiger partial charge in [-0.15, -0.1) is 0 Å². The molecule has 1 saturated heterocycles. The Kier molecular flexibility index (Phi) is 6.94. The molecule has 2 bridgehead atoms. The third-order valence-electron chi connectivity index (χ3n) is 7.45. The zero-order valence-corrected chi connectivity index (χ0v) is 20.5. The van der Waals surface area contributed by atoms with E-state index in [1.54, 1.807) is 6.92 Å². The van der Waals surface area contributed by atoms with Crippen LogP contribution >= 0.6 is 0 Å². The summed E-state index contributed by atoms with van der Waals surface area (Å²) >= 11 is 0. The van der Waals surface area contributed by atoms with Gasteiger partial charge in [0.05, 0.1) is 32.0 Å². The van der Waals surface area contributed by atoms with Crippen molar-refractivity contribution in [2.45, 2.75) is 57.5 Å². The Hall–Kier alpha value is -3.04. The van der Waals surface area contributed by atoms with Crippen molar-refractivity contribution >= 4 is 0 Å². The lowest BCUT2D eigenvalue weighted by atomic mass is 9.70. The molecule has 1 aromatic heterocycles. The number of aromatic nitrogens is 2. The van der Waals surface area contributed by atoms with Crippen molar-refractivity contribution in [3.05, 3.63) is 104 Å². The molecule has 36 heavy (non-hydrogen) atoms. The number of benzene rings is 2. The van der Waals surface area contributed by atoms with Gasteiger partial charge in [0.25, 0.3) is 5.56 Å². The van der Waals surface area contributed by atoms with E-state index in [0.29, 0.717) is 25.2 Å². The van der Waals surface area contributed by atoms with Crippen LogP contribution in [0.4, 0.5) is 0 Å². The van der Waals surface area contributed by atoms with Gasteiger partial charge in [-0.3, -0.25) is 14.3 Å². The predicted octanol–water partition coefficient (Wildman–Crippen LogP) is 2.93. The van der Waals surface area contributed by atoms with Crippen LogP contribution in [0.3, 0.4) is 0 Å². The van der Waals surface area contributed by atoms with Gasteiger partial charge in [0.1, 0.15) is 11.8 Å². The van der Waals surface area contributed by atoms with Gasteiger partial charge < -0.3 is 19.3 Å². The van der Waals surface area contributed by atoms with Crippen molar-refractivity contribution in [3.8, 4) is 0 Å². The van der Waals surface area contributed by atoms with E-state index in [0.717, 1.165) is 11.1 Å². The Bertz CT molecular complexity index is 1290. The van der Waals surface area contributed by atoms with E-state index in [1.807, 2.05) is 67.6 Å². The summed E-state index contributed by atoms with van der Waals surface area (Å²) in [6.45, 7) is 4.46. The second-order valence-electron chi connectivity index (χ2n) is 9.94. The average molecular weight is 493 g/mol. The van der Waals surface area contributed by atoms with Gasteiger partial charge in [-0.1, -0.05) is 67.6 Å². The number of aliphatic hydroxyl groups excluding tert-OH is 1. The topological polar surface area (TPSA) is 103 Å². The second kappa shape index (κ2) is 10.1. The molecule has 0 radical (unpaired) electrons. The quantitative estimate of drug-likeness (QED) is 0.501. The largest absolute Gasteiger partial charge is 0.390 e. The first-order chi connectivity index (χ1) is 17.4. The number of hydrogen-bond acceptors (Lipinski definition) is 6. The van der Waals surface area contributed by atoms with E-state index in [9.17, 15) is 14.7 Å². The van der Waals surface area contributed by atoms with Crippen LogP contribution in [0.1, 0.15) is 36.3 Å². The van der Waals surface area contributed by atoms with Crippen molar-refractivity contribution in [1.29, 1.82) is 0 Å². The number of fused-ring (bicyclic) bond motifs is 2. The minimum atomic E-state index is -1.17. The molecule has 3 aromatic rings. The molecule has 1 saturated carbocycles. The molecular weight excluding hydrogens is 460 g/mol. The first-order valence-electron chi connectivity index (χ1n) is 12.3. The summed E-state index contributed by atoms with van der Waals surface area (Å²) in [6, 6.07) is 19.6. The summed E-state index contributed by atoms with van der Waals surface area (Å²) < 4.78 is 20.6. The molecule has 1 aliphatic heterocycles. The Morgan fingerprint density at radius 3 is 2.36 bits per heavy atom. The fraction of sp³-hybridized carbons (Fsp3) is 0.429. The van der Waals surface area contributed by atoms with Gasteiger partial charge >= 0.3 is 5.69 Å². The molecule has 8 nitrogen and oxygen atoms in total. The Morgan fingerprint density at radius 2 is 1.69 bits per heavy atom. The number of nitrogens with one attached hydrogen (secondary N) is 1. The van der Waals surface area contributed by atoms with Crippen LogP contribution in [0.15, 0.2) is 76.4 Å². The first kappa shape index (κ1) is 24.6. The molecule has 5 rings (SSSR count). The number of ether oxygens (including phenoxy) is 3. The lowest BCUT2D eigenvalue weighted by Crippen LogP contribution is -2.59.